The molecule has 0 atom stereocenters. The molecule has 0 spiro atoms. The lowest BCUT2D eigenvalue weighted by Gasteiger charge is -2.06. The average molecular weight is 334 g/mol. The minimum atomic E-state index is -1.05. The van der Waals surface area contributed by atoms with Crippen molar-refractivity contribution in [1.29, 1.82) is 0 Å². The number of rotatable bonds is 3. The Hall–Kier alpha value is -1.000. The zero-order valence-electron chi connectivity index (χ0n) is 9.36. The summed E-state index contributed by atoms with van der Waals surface area (Å²) in [7, 11) is 0. The molecular weight excluding hydrogens is 327 g/mol. The molecule has 0 bridgehead atoms. The summed E-state index contributed by atoms with van der Waals surface area (Å²) >= 11 is 19.3. The Morgan fingerprint density at radius 2 is 1.84 bits per heavy atom. The van der Waals surface area contributed by atoms with Crippen LogP contribution in [0.2, 0.25) is 15.1 Å². The number of hydrogen-bond acceptors (Lipinski definition) is 2. The first-order valence-corrected chi connectivity index (χ1v) is 7.14. The van der Waals surface area contributed by atoms with Gasteiger partial charge >= 0.3 is 5.97 Å². The SMILES string of the molecule is O=C(O)/C(=C\c1c(Cl)ccc(Cl)c1Cl)c1cccs1. The van der Waals surface area contributed by atoms with Crippen molar-refractivity contribution >= 4 is 63.8 Å². The van der Waals surface area contributed by atoms with Crippen molar-refractivity contribution < 1.29 is 9.90 Å². The smallest absolute Gasteiger partial charge is 0.337 e. The van der Waals surface area contributed by atoms with Gasteiger partial charge in [-0.25, -0.2) is 4.79 Å². The lowest BCUT2D eigenvalue weighted by atomic mass is 10.1. The summed E-state index contributed by atoms with van der Waals surface area (Å²) < 4.78 is 0. The molecule has 0 aliphatic rings. The molecule has 2 rings (SSSR count). The fourth-order valence-electron chi connectivity index (χ4n) is 1.49. The summed E-state index contributed by atoms with van der Waals surface area (Å²) in [4.78, 5) is 12.0. The second-order valence-electron chi connectivity index (χ2n) is 3.60. The highest BCUT2D eigenvalue weighted by Gasteiger charge is 2.15. The maximum absolute atomic E-state index is 11.3. The van der Waals surface area contributed by atoms with E-state index in [4.69, 9.17) is 34.8 Å². The standard InChI is InChI=1S/C13H7Cl3O2S/c14-9-3-4-10(15)12(16)7(9)6-8(13(17)18)11-2-1-5-19-11/h1-6H,(H,17,18)/b8-6-. The molecule has 0 aliphatic heterocycles. The molecule has 2 nitrogen and oxygen atoms in total. The highest BCUT2D eigenvalue weighted by Crippen LogP contribution is 2.35. The van der Waals surface area contributed by atoms with E-state index in [9.17, 15) is 9.90 Å². The van der Waals surface area contributed by atoms with Gasteiger partial charge in [0.2, 0.25) is 0 Å². The van der Waals surface area contributed by atoms with Crippen molar-refractivity contribution in [2.45, 2.75) is 0 Å². The lowest BCUT2D eigenvalue weighted by Crippen LogP contribution is -1.98. The third kappa shape index (κ3) is 3.12. The molecule has 98 valence electrons. The van der Waals surface area contributed by atoms with Crippen LogP contribution in [-0.2, 0) is 4.79 Å². The van der Waals surface area contributed by atoms with E-state index in [1.807, 2.05) is 0 Å². The fourth-order valence-corrected chi connectivity index (χ4v) is 2.87. The molecule has 0 amide bonds. The zero-order chi connectivity index (χ0) is 14.0. The summed E-state index contributed by atoms with van der Waals surface area (Å²) in [5, 5.41) is 12.0. The van der Waals surface area contributed by atoms with E-state index in [1.165, 1.54) is 17.4 Å². The van der Waals surface area contributed by atoms with Crippen LogP contribution in [0.15, 0.2) is 29.6 Å². The maximum atomic E-state index is 11.3. The molecule has 0 radical (unpaired) electrons. The predicted molar refractivity (Wildman–Crippen MR) is 81.3 cm³/mol. The van der Waals surface area contributed by atoms with Crippen LogP contribution in [0.4, 0.5) is 0 Å². The number of carboxylic acid groups (broad SMARTS) is 1. The second-order valence-corrected chi connectivity index (χ2v) is 5.74. The van der Waals surface area contributed by atoms with Crippen molar-refractivity contribution in [3.63, 3.8) is 0 Å². The van der Waals surface area contributed by atoms with Gasteiger partial charge in [0.1, 0.15) is 0 Å². The molecule has 2 aromatic rings. The van der Waals surface area contributed by atoms with Gasteiger partial charge in [-0.1, -0.05) is 40.9 Å². The molecule has 0 aliphatic carbocycles. The van der Waals surface area contributed by atoms with Gasteiger partial charge in [0.05, 0.1) is 15.6 Å². The molecule has 0 saturated carbocycles. The van der Waals surface area contributed by atoms with Crippen LogP contribution in [0.25, 0.3) is 11.6 Å². The van der Waals surface area contributed by atoms with Gasteiger partial charge in [-0.3, -0.25) is 0 Å². The minimum Gasteiger partial charge on any atom is -0.478 e. The van der Waals surface area contributed by atoms with E-state index in [2.05, 4.69) is 0 Å². The van der Waals surface area contributed by atoms with Crippen molar-refractivity contribution in [2.24, 2.45) is 0 Å². The van der Waals surface area contributed by atoms with Crippen LogP contribution < -0.4 is 0 Å². The van der Waals surface area contributed by atoms with E-state index < -0.39 is 5.97 Å². The van der Waals surface area contributed by atoms with Gasteiger partial charge in [-0.05, 0) is 29.7 Å². The second kappa shape index (κ2) is 5.97. The number of carbonyl (C=O) groups is 1. The topological polar surface area (TPSA) is 37.3 Å². The summed E-state index contributed by atoms with van der Waals surface area (Å²) in [6.45, 7) is 0. The highest BCUT2D eigenvalue weighted by atomic mass is 35.5. The Kier molecular flexibility index (Phi) is 4.53. The fraction of sp³-hybridized carbons (Fsp3) is 0. The molecule has 0 saturated heterocycles. The Balaban J connectivity index is 2.61. The van der Waals surface area contributed by atoms with Gasteiger partial charge in [0.25, 0.3) is 0 Å². The van der Waals surface area contributed by atoms with Crippen molar-refractivity contribution in [3.05, 3.63) is 55.2 Å². The van der Waals surface area contributed by atoms with Crippen LogP contribution in [0.5, 0.6) is 0 Å². The van der Waals surface area contributed by atoms with Crippen LogP contribution in [0.1, 0.15) is 10.4 Å². The van der Waals surface area contributed by atoms with Crippen molar-refractivity contribution in [3.8, 4) is 0 Å². The number of thiophene rings is 1. The van der Waals surface area contributed by atoms with Gasteiger partial charge < -0.3 is 5.11 Å². The van der Waals surface area contributed by atoms with E-state index in [1.54, 1.807) is 29.6 Å². The zero-order valence-corrected chi connectivity index (χ0v) is 12.4. The summed E-state index contributed by atoms with van der Waals surface area (Å²) in [5.41, 5.74) is 0.530. The summed E-state index contributed by atoms with van der Waals surface area (Å²) in [6, 6.07) is 6.64. The Bertz CT molecular complexity index is 648. The van der Waals surface area contributed by atoms with Gasteiger partial charge in [-0.2, -0.15) is 0 Å². The van der Waals surface area contributed by atoms with Crippen LogP contribution >= 0.6 is 46.1 Å². The first kappa shape index (κ1) is 14.4. The van der Waals surface area contributed by atoms with E-state index in [0.29, 0.717) is 20.5 Å². The lowest BCUT2D eigenvalue weighted by molar-refractivity contribution is -0.130. The Labute approximate surface area is 128 Å². The summed E-state index contributed by atoms with van der Waals surface area (Å²) in [6.07, 6.45) is 1.44. The van der Waals surface area contributed by atoms with Crippen LogP contribution in [0, 0.1) is 0 Å². The van der Waals surface area contributed by atoms with E-state index in [0.717, 1.165) is 0 Å². The average Bonchev–Trinajstić information content (AvgIpc) is 2.87. The molecular formula is C13H7Cl3O2S. The first-order valence-electron chi connectivity index (χ1n) is 5.13. The van der Waals surface area contributed by atoms with Gasteiger partial charge in [0, 0.05) is 15.5 Å². The van der Waals surface area contributed by atoms with Crippen molar-refractivity contribution in [2.75, 3.05) is 0 Å². The predicted octanol–water partition coefficient (Wildman–Crippen LogP) is 5.33. The number of carboxylic acids is 1. The van der Waals surface area contributed by atoms with Crippen LogP contribution in [0.3, 0.4) is 0 Å². The minimum absolute atomic E-state index is 0.126. The first-order chi connectivity index (χ1) is 9.00. The van der Waals surface area contributed by atoms with Gasteiger partial charge in [0.15, 0.2) is 0 Å². The summed E-state index contributed by atoms with van der Waals surface area (Å²) in [5.74, 6) is -1.05. The van der Waals surface area contributed by atoms with Crippen LogP contribution in [-0.4, -0.2) is 11.1 Å². The van der Waals surface area contributed by atoms with Gasteiger partial charge in [-0.15, -0.1) is 11.3 Å². The quantitative estimate of drug-likeness (QED) is 0.608. The molecule has 19 heavy (non-hydrogen) atoms. The number of aliphatic carboxylic acids is 1. The largest absolute Gasteiger partial charge is 0.478 e. The van der Waals surface area contributed by atoms with Crippen molar-refractivity contribution in [1.82, 2.24) is 0 Å². The monoisotopic (exact) mass is 332 g/mol. The third-order valence-electron chi connectivity index (χ3n) is 2.39. The molecule has 6 heteroatoms. The number of hydrogen-bond donors (Lipinski definition) is 1. The molecule has 0 unspecified atom stereocenters. The molecule has 1 heterocycles. The molecule has 0 fully saturated rings. The van der Waals surface area contributed by atoms with E-state index in [-0.39, 0.29) is 10.6 Å². The van der Waals surface area contributed by atoms with E-state index >= 15 is 0 Å². The molecule has 1 aromatic heterocycles. The third-order valence-corrected chi connectivity index (χ3v) is 4.44. The highest BCUT2D eigenvalue weighted by molar-refractivity contribution is 7.11. The molecule has 1 N–H and O–H groups in total. The Morgan fingerprint density at radius 3 is 2.42 bits per heavy atom. The molecule has 1 aromatic carbocycles. The number of halogens is 3. The Morgan fingerprint density at radius 1 is 1.16 bits per heavy atom. The number of benzene rings is 1. The normalized spacial score (nSPS) is 11.6. The maximum Gasteiger partial charge on any atom is 0.337 e.